The Morgan fingerprint density at radius 2 is 1.75 bits per heavy atom. The largest absolute Gasteiger partial charge is 0.457 e. The summed E-state index contributed by atoms with van der Waals surface area (Å²) in [6.45, 7) is 1.55. The van der Waals surface area contributed by atoms with Gasteiger partial charge in [0.05, 0.1) is 0 Å². The Labute approximate surface area is 142 Å². The first-order valence-electron chi connectivity index (χ1n) is 8.12. The van der Waals surface area contributed by atoms with Gasteiger partial charge in [0, 0.05) is 18.9 Å². The van der Waals surface area contributed by atoms with E-state index < -0.39 is 5.60 Å². The van der Waals surface area contributed by atoms with Crippen LogP contribution in [0.3, 0.4) is 0 Å². The minimum Gasteiger partial charge on any atom is -0.457 e. The zero-order chi connectivity index (χ0) is 16.8. The summed E-state index contributed by atoms with van der Waals surface area (Å²) in [5.41, 5.74) is -0.0648. The molecule has 0 unspecified atom stereocenters. The summed E-state index contributed by atoms with van der Waals surface area (Å²) in [7, 11) is 1.60. The van der Waals surface area contributed by atoms with Crippen molar-refractivity contribution in [3.05, 3.63) is 54.6 Å². The second-order valence-electron chi connectivity index (χ2n) is 5.85. The van der Waals surface area contributed by atoms with Crippen LogP contribution in [0, 0.1) is 0 Å². The highest BCUT2D eigenvalue weighted by Crippen LogP contribution is 2.27. The zero-order valence-electron chi connectivity index (χ0n) is 13.7. The van der Waals surface area contributed by atoms with E-state index in [1.54, 1.807) is 7.11 Å². The summed E-state index contributed by atoms with van der Waals surface area (Å²) in [6.07, 6.45) is 1.32. The SMILES string of the molecule is COC1(C(=O)Nc2cccc(Oc3ccccc3)c2)CCNCC1. The number of hydrogen-bond donors (Lipinski definition) is 2. The summed E-state index contributed by atoms with van der Waals surface area (Å²) >= 11 is 0. The van der Waals surface area contributed by atoms with E-state index in [0.29, 0.717) is 24.3 Å². The Bertz CT molecular complexity index is 682. The molecule has 0 atom stereocenters. The molecule has 5 nitrogen and oxygen atoms in total. The molecular weight excluding hydrogens is 304 g/mol. The van der Waals surface area contributed by atoms with E-state index in [4.69, 9.17) is 9.47 Å². The molecule has 0 aromatic heterocycles. The number of rotatable bonds is 5. The lowest BCUT2D eigenvalue weighted by atomic mass is 9.91. The molecule has 24 heavy (non-hydrogen) atoms. The van der Waals surface area contributed by atoms with Crippen molar-refractivity contribution >= 4 is 11.6 Å². The topological polar surface area (TPSA) is 59.6 Å². The number of amides is 1. The van der Waals surface area contributed by atoms with Crippen molar-refractivity contribution in [2.75, 3.05) is 25.5 Å². The van der Waals surface area contributed by atoms with Gasteiger partial charge in [-0.15, -0.1) is 0 Å². The van der Waals surface area contributed by atoms with Crippen molar-refractivity contribution in [3.8, 4) is 11.5 Å². The van der Waals surface area contributed by atoms with Crippen LogP contribution in [0.1, 0.15) is 12.8 Å². The number of para-hydroxylation sites is 1. The van der Waals surface area contributed by atoms with Crippen molar-refractivity contribution in [3.63, 3.8) is 0 Å². The van der Waals surface area contributed by atoms with Crippen molar-refractivity contribution in [2.45, 2.75) is 18.4 Å². The van der Waals surface area contributed by atoms with E-state index in [1.807, 2.05) is 54.6 Å². The van der Waals surface area contributed by atoms with Gasteiger partial charge in [-0.05, 0) is 50.2 Å². The van der Waals surface area contributed by atoms with Crippen molar-refractivity contribution in [1.29, 1.82) is 0 Å². The summed E-state index contributed by atoms with van der Waals surface area (Å²) in [5, 5.41) is 6.21. The van der Waals surface area contributed by atoms with Crippen LogP contribution < -0.4 is 15.4 Å². The van der Waals surface area contributed by atoms with Gasteiger partial charge in [0.1, 0.15) is 17.1 Å². The first-order valence-corrected chi connectivity index (χ1v) is 8.12. The molecule has 0 aliphatic carbocycles. The molecule has 1 aliphatic rings. The molecule has 2 aromatic rings. The van der Waals surface area contributed by atoms with Crippen LogP contribution in [0.15, 0.2) is 54.6 Å². The maximum absolute atomic E-state index is 12.7. The van der Waals surface area contributed by atoms with Gasteiger partial charge in [0.15, 0.2) is 0 Å². The lowest BCUT2D eigenvalue weighted by Crippen LogP contribution is -2.51. The van der Waals surface area contributed by atoms with Crippen molar-refractivity contribution in [1.82, 2.24) is 5.32 Å². The number of methoxy groups -OCH3 is 1. The van der Waals surface area contributed by atoms with Crippen molar-refractivity contribution < 1.29 is 14.3 Å². The molecule has 1 fully saturated rings. The van der Waals surface area contributed by atoms with Gasteiger partial charge < -0.3 is 20.1 Å². The van der Waals surface area contributed by atoms with E-state index in [2.05, 4.69) is 10.6 Å². The molecule has 0 bridgehead atoms. The second kappa shape index (κ2) is 7.47. The zero-order valence-corrected chi connectivity index (χ0v) is 13.7. The maximum Gasteiger partial charge on any atom is 0.256 e. The lowest BCUT2D eigenvalue weighted by molar-refractivity contribution is -0.140. The molecule has 5 heteroatoms. The lowest BCUT2D eigenvalue weighted by Gasteiger charge is -2.34. The molecule has 2 N–H and O–H groups in total. The van der Waals surface area contributed by atoms with Gasteiger partial charge in [-0.3, -0.25) is 4.79 Å². The maximum atomic E-state index is 12.7. The molecule has 1 saturated heterocycles. The van der Waals surface area contributed by atoms with Gasteiger partial charge >= 0.3 is 0 Å². The van der Waals surface area contributed by atoms with Crippen LogP contribution in [0.5, 0.6) is 11.5 Å². The summed E-state index contributed by atoms with van der Waals surface area (Å²) in [5.74, 6) is 1.33. The number of ether oxygens (including phenoxy) is 2. The number of benzene rings is 2. The molecule has 1 amide bonds. The molecule has 126 valence electrons. The molecule has 0 saturated carbocycles. The minimum absolute atomic E-state index is 0.108. The molecule has 2 aromatic carbocycles. The average Bonchev–Trinajstić information content (AvgIpc) is 2.63. The number of hydrogen-bond acceptors (Lipinski definition) is 4. The summed E-state index contributed by atoms with van der Waals surface area (Å²) in [4.78, 5) is 12.7. The summed E-state index contributed by atoms with van der Waals surface area (Å²) in [6, 6.07) is 16.9. The number of anilines is 1. The van der Waals surface area contributed by atoms with Crippen LogP contribution in [-0.4, -0.2) is 31.7 Å². The fourth-order valence-corrected chi connectivity index (χ4v) is 2.86. The number of nitrogens with one attached hydrogen (secondary N) is 2. The highest BCUT2D eigenvalue weighted by atomic mass is 16.5. The Balaban J connectivity index is 1.71. The molecule has 0 spiro atoms. The standard InChI is InChI=1S/C19H22N2O3/c1-23-19(10-12-20-13-11-19)18(22)21-15-6-5-9-17(14-15)24-16-7-3-2-4-8-16/h2-9,14,20H,10-13H2,1H3,(H,21,22). The average molecular weight is 326 g/mol. The molecular formula is C19H22N2O3. The van der Waals surface area contributed by atoms with Gasteiger partial charge in [-0.25, -0.2) is 0 Å². The predicted molar refractivity (Wildman–Crippen MR) is 93.4 cm³/mol. The smallest absolute Gasteiger partial charge is 0.256 e. The minimum atomic E-state index is -0.762. The normalized spacial score (nSPS) is 16.4. The highest BCUT2D eigenvalue weighted by Gasteiger charge is 2.39. The van der Waals surface area contributed by atoms with E-state index in [0.717, 1.165) is 18.8 Å². The fraction of sp³-hybridized carbons (Fsp3) is 0.316. The monoisotopic (exact) mass is 326 g/mol. The molecule has 3 rings (SSSR count). The highest BCUT2D eigenvalue weighted by molar-refractivity contribution is 5.97. The molecule has 1 heterocycles. The van der Waals surface area contributed by atoms with E-state index >= 15 is 0 Å². The van der Waals surface area contributed by atoms with E-state index in [9.17, 15) is 4.79 Å². The van der Waals surface area contributed by atoms with Crippen LogP contribution in [0.2, 0.25) is 0 Å². The molecule has 1 aliphatic heterocycles. The van der Waals surface area contributed by atoms with Crippen LogP contribution in [-0.2, 0) is 9.53 Å². The van der Waals surface area contributed by atoms with Crippen molar-refractivity contribution in [2.24, 2.45) is 0 Å². The van der Waals surface area contributed by atoms with Gasteiger partial charge in [0.25, 0.3) is 5.91 Å². The van der Waals surface area contributed by atoms with Gasteiger partial charge in [-0.2, -0.15) is 0 Å². The number of piperidine rings is 1. The first-order chi connectivity index (χ1) is 11.7. The van der Waals surface area contributed by atoms with Crippen LogP contribution in [0.4, 0.5) is 5.69 Å². The number of carbonyl (C=O) groups excluding carboxylic acids is 1. The van der Waals surface area contributed by atoms with E-state index in [1.165, 1.54) is 0 Å². The summed E-state index contributed by atoms with van der Waals surface area (Å²) < 4.78 is 11.4. The third kappa shape index (κ3) is 3.75. The Hall–Kier alpha value is -2.37. The molecule has 0 radical (unpaired) electrons. The van der Waals surface area contributed by atoms with Gasteiger partial charge in [-0.1, -0.05) is 24.3 Å². The Kier molecular flexibility index (Phi) is 5.13. The number of carbonyl (C=O) groups is 1. The Morgan fingerprint density at radius 1 is 1.04 bits per heavy atom. The predicted octanol–water partition coefficient (Wildman–Crippen LogP) is 3.19. The van der Waals surface area contributed by atoms with E-state index in [-0.39, 0.29) is 5.91 Å². The van der Waals surface area contributed by atoms with Crippen LogP contribution in [0.25, 0.3) is 0 Å². The van der Waals surface area contributed by atoms with Gasteiger partial charge in [0.2, 0.25) is 0 Å². The third-order valence-corrected chi connectivity index (χ3v) is 4.29. The second-order valence-corrected chi connectivity index (χ2v) is 5.85. The quantitative estimate of drug-likeness (QED) is 0.886. The fourth-order valence-electron chi connectivity index (χ4n) is 2.86. The Morgan fingerprint density at radius 3 is 2.46 bits per heavy atom. The van der Waals surface area contributed by atoms with Crippen LogP contribution >= 0.6 is 0 Å². The first kappa shape index (κ1) is 16.5. The third-order valence-electron chi connectivity index (χ3n) is 4.29.